The largest absolute Gasteiger partial charge is 0.490 e. The van der Waals surface area contributed by atoms with Gasteiger partial charge in [0.25, 0.3) is 0 Å². The van der Waals surface area contributed by atoms with Crippen LogP contribution >= 0.6 is 27.3 Å². The predicted molar refractivity (Wildman–Crippen MR) is 80.6 cm³/mol. The lowest BCUT2D eigenvalue weighted by atomic mass is 10.3. The first kappa shape index (κ1) is 13.9. The van der Waals surface area contributed by atoms with Crippen molar-refractivity contribution in [3.8, 4) is 5.75 Å². The van der Waals surface area contributed by atoms with Gasteiger partial charge in [-0.05, 0) is 29.6 Å². The fourth-order valence-corrected chi connectivity index (χ4v) is 2.36. The van der Waals surface area contributed by atoms with E-state index in [4.69, 9.17) is 15.3 Å². The van der Waals surface area contributed by atoms with Crippen LogP contribution in [0.2, 0.25) is 0 Å². The summed E-state index contributed by atoms with van der Waals surface area (Å²) in [5.74, 6) is 1.16. The van der Waals surface area contributed by atoms with Crippen molar-refractivity contribution in [2.24, 2.45) is 10.9 Å². The van der Waals surface area contributed by atoms with Crippen molar-refractivity contribution in [3.63, 3.8) is 0 Å². The number of thiophene rings is 1. The maximum absolute atomic E-state index is 5.74. The number of nitrogens with two attached hydrogens (primary N) is 1. The van der Waals surface area contributed by atoms with Crippen molar-refractivity contribution in [1.82, 2.24) is 0 Å². The molecule has 0 aliphatic heterocycles. The van der Waals surface area contributed by atoms with Crippen LogP contribution in [0.15, 0.2) is 50.7 Å². The molecule has 0 saturated carbocycles. The van der Waals surface area contributed by atoms with E-state index in [1.807, 2.05) is 41.1 Å². The number of nitrogens with zero attached hydrogens (tertiary/aromatic N) is 1. The SMILES string of the molecule is NC(=NOCCOc1cccc(Br)c1)c1ccsc1. The normalized spacial score (nSPS) is 11.3. The Kier molecular flexibility index (Phi) is 5.23. The van der Waals surface area contributed by atoms with E-state index in [9.17, 15) is 0 Å². The molecule has 0 bridgehead atoms. The molecule has 2 aromatic rings. The van der Waals surface area contributed by atoms with E-state index in [1.54, 1.807) is 11.3 Å². The number of benzene rings is 1. The molecule has 19 heavy (non-hydrogen) atoms. The molecule has 4 nitrogen and oxygen atoms in total. The van der Waals surface area contributed by atoms with Crippen LogP contribution in [-0.4, -0.2) is 19.0 Å². The summed E-state index contributed by atoms with van der Waals surface area (Å²) in [4.78, 5) is 5.10. The highest BCUT2D eigenvalue weighted by Crippen LogP contribution is 2.17. The summed E-state index contributed by atoms with van der Waals surface area (Å²) < 4.78 is 6.47. The van der Waals surface area contributed by atoms with Crippen LogP contribution in [0.25, 0.3) is 0 Å². The molecule has 0 spiro atoms. The first-order valence-corrected chi connectivity index (χ1v) is 7.35. The van der Waals surface area contributed by atoms with E-state index < -0.39 is 0 Å². The summed E-state index contributed by atoms with van der Waals surface area (Å²) in [6, 6.07) is 9.52. The van der Waals surface area contributed by atoms with E-state index in [-0.39, 0.29) is 0 Å². The molecule has 0 aliphatic rings. The second-order valence-electron chi connectivity index (χ2n) is 3.63. The Balaban J connectivity index is 1.71. The highest BCUT2D eigenvalue weighted by Gasteiger charge is 1.99. The van der Waals surface area contributed by atoms with Gasteiger partial charge in [-0.2, -0.15) is 11.3 Å². The molecule has 2 rings (SSSR count). The molecule has 1 aromatic heterocycles. The summed E-state index contributed by atoms with van der Waals surface area (Å²) in [6.45, 7) is 0.758. The van der Waals surface area contributed by atoms with Crippen LogP contribution in [0, 0.1) is 0 Å². The van der Waals surface area contributed by atoms with Crippen LogP contribution in [0.3, 0.4) is 0 Å². The van der Waals surface area contributed by atoms with E-state index in [0.717, 1.165) is 15.8 Å². The molecule has 0 fully saturated rings. The minimum atomic E-state index is 0.345. The molecule has 1 aromatic carbocycles. The predicted octanol–water partition coefficient (Wildman–Crippen LogP) is 3.23. The molecule has 0 radical (unpaired) electrons. The van der Waals surface area contributed by atoms with Gasteiger partial charge in [-0.25, -0.2) is 0 Å². The average molecular weight is 341 g/mol. The highest BCUT2D eigenvalue weighted by molar-refractivity contribution is 9.10. The Morgan fingerprint density at radius 1 is 1.32 bits per heavy atom. The third-order valence-corrected chi connectivity index (χ3v) is 3.40. The van der Waals surface area contributed by atoms with E-state index in [1.165, 1.54) is 0 Å². The number of halogens is 1. The van der Waals surface area contributed by atoms with Crippen LogP contribution in [0.5, 0.6) is 5.75 Å². The first-order valence-electron chi connectivity index (χ1n) is 5.62. The third-order valence-electron chi connectivity index (χ3n) is 2.22. The van der Waals surface area contributed by atoms with E-state index in [0.29, 0.717) is 19.0 Å². The van der Waals surface area contributed by atoms with E-state index >= 15 is 0 Å². The van der Waals surface area contributed by atoms with Gasteiger partial charge in [0.1, 0.15) is 12.4 Å². The van der Waals surface area contributed by atoms with E-state index in [2.05, 4.69) is 21.1 Å². The van der Waals surface area contributed by atoms with Gasteiger partial charge in [-0.3, -0.25) is 0 Å². The van der Waals surface area contributed by atoms with Gasteiger partial charge in [-0.15, -0.1) is 0 Å². The minimum Gasteiger partial charge on any atom is -0.490 e. The monoisotopic (exact) mass is 340 g/mol. The molecular weight excluding hydrogens is 328 g/mol. The molecule has 0 aliphatic carbocycles. The second kappa shape index (κ2) is 7.16. The maximum Gasteiger partial charge on any atom is 0.171 e. The minimum absolute atomic E-state index is 0.345. The molecule has 2 N–H and O–H groups in total. The van der Waals surface area contributed by atoms with Gasteiger partial charge in [0.2, 0.25) is 0 Å². The molecule has 0 saturated heterocycles. The Labute approximate surface area is 124 Å². The molecule has 1 heterocycles. The lowest BCUT2D eigenvalue weighted by Crippen LogP contribution is -2.14. The number of hydrogen-bond donors (Lipinski definition) is 1. The van der Waals surface area contributed by atoms with Gasteiger partial charge >= 0.3 is 0 Å². The van der Waals surface area contributed by atoms with Crippen molar-refractivity contribution >= 4 is 33.1 Å². The Morgan fingerprint density at radius 2 is 2.21 bits per heavy atom. The van der Waals surface area contributed by atoms with Crippen molar-refractivity contribution in [3.05, 3.63) is 51.1 Å². The molecule has 0 unspecified atom stereocenters. The zero-order chi connectivity index (χ0) is 13.5. The smallest absolute Gasteiger partial charge is 0.171 e. The summed E-state index contributed by atoms with van der Waals surface area (Å²) in [7, 11) is 0. The summed E-state index contributed by atoms with van der Waals surface area (Å²) >= 11 is 4.94. The van der Waals surface area contributed by atoms with Gasteiger partial charge in [0.05, 0.1) is 0 Å². The van der Waals surface area contributed by atoms with Crippen molar-refractivity contribution < 1.29 is 9.57 Å². The Morgan fingerprint density at radius 3 is 2.95 bits per heavy atom. The second-order valence-corrected chi connectivity index (χ2v) is 5.32. The zero-order valence-electron chi connectivity index (χ0n) is 10.1. The Hall–Kier alpha value is -1.53. The molecule has 100 valence electrons. The maximum atomic E-state index is 5.74. The quantitative estimate of drug-likeness (QED) is 0.380. The summed E-state index contributed by atoms with van der Waals surface area (Å²) in [5, 5.41) is 7.68. The number of oxime groups is 1. The Bertz CT molecular complexity index is 543. The summed E-state index contributed by atoms with van der Waals surface area (Å²) in [5.41, 5.74) is 6.61. The standard InChI is InChI=1S/C13H13BrN2O2S/c14-11-2-1-3-12(8-11)17-5-6-18-16-13(15)10-4-7-19-9-10/h1-4,7-9H,5-6H2,(H2,15,16). The van der Waals surface area contributed by atoms with Gasteiger partial charge in [0, 0.05) is 15.4 Å². The molecule has 0 atom stereocenters. The lowest BCUT2D eigenvalue weighted by Gasteiger charge is -2.05. The highest BCUT2D eigenvalue weighted by atomic mass is 79.9. The third kappa shape index (κ3) is 4.57. The average Bonchev–Trinajstić information content (AvgIpc) is 2.92. The first-order chi connectivity index (χ1) is 9.25. The molecular formula is C13H13BrN2O2S. The van der Waals surface area contributed by atoms with Crippen LogP contribution in [0.1, 0.15) is 5.56 Å². The van der Waals surface area contributed by atoms with Crippen molar-refractivity contribution in [1.29, 1.82) is 0 Å². The number of hydrogen-bond acceptors (Lipinski definition) is 4. The fraction of sp³-hybridized carbons (Fsp3) is 0.154. The van der Waals surface area contributed by atoms with Crippen LogP contribution in [-0.2, 0) is 4.84 Å². The topological polar surface area (TPSA) is 56.8 Å². The van der Waals surface area contributed by atoms with Gasteiger partial charge in [-0.1, -0.05) is 27.2 Å². The van der Waals surface area contributed by atoms with Crippen LogP contribution in [0.4, 0.5) is 0 Å². The van der Waals surface area contributed by atoms with Crippen molar-refractivity contribution in [2.45, 2.75) is 0 Å². The lowest BCUT2D eigenvalue weighted by molar-refractivity contribution is 0.107. The number of amidine groups is 1. The van der Waals surface area contributed by atoms with Gasteiger partial charge < -0.3 is 15.3 Å². The zero-order valence-corrected chi connectivity index (χ0v) is 12.5. The molecule has 0 amide bonds. The fourth-order valence-electron chi connectivity index (χ4n) is 1.33. The summed E-state index contributed by atoms with van der Waals surface area (Å²) in [6.07, 6.45) is 0. The number of ether oxygens (including phenoxy) is 1. The number of rotatable bonds is 6. The molecule has 6 heteroatoms. The van der Waals surface area contributed by atoms with Gasteiger partial charge in [0.15, 0.2) is 12.4 Å². The van der Waals surface area contributed by atoms with Crippen LogP contribution < -0.4 is 10.5 Å². The van der Waals surface area contributed by atoms with Crippen molar-refractivity contribution in [2.75, 3.05) is 13.2 Å².